The smallest absolute Gasteiger partial charge is 0.340 e. The summed E-state index contributed by atoms with van der Waals surface area (Å²) < 4.78 is 54.7. The number of nitrogens with one attached hydrogen (secondary N) is 2. The Kier molecular flexibility index (Phi) is 6.62. The zero-order valence-corrected chi connectivity index (χ0v) is 22.1. The SMILES string of the molecule is Cc1c(F)cccc1[C@@H]1C[C@H](NC(=O)c2ccc3c(c2)C[C@@]2(C3)C(=O)NC(=O)N2C)C(=O)N(CC(F)(F)F)[C@@H]1C. The molecule has 4 atom stereocenters. The molecule has 2 aromatic rings. The average Bonchev–Trinajstić information content (AvgIpc) is 3.37. The Morgan fingerprint density at radius 1 is 1.12 bits per heavy atom. The third kappa shape index (κ3) is 4.58. The van der Waals surface area contributed by atoms with E-state index in [2.05, 4.69) is 10.6 Å². The number of carbonyl (C=O) groups excluding carboxylic acids is 4. The molecule has 0 unspecified atom stereocenters. The van der Waals surface area contributed by atoms with Gasteiger partial charge in [0, 0.05) is 37.4 Å². The summed E-state index contributed by atoms with van der Waals surface area (Å²) in [7, 11) is 1.53. The van der Waals surface area contributed by atoms with E-state index in [1.807, 2.05) is 0 Å². The number of urea groups is 1. The van der Waals surface area contributed by atoms with Gasteiger partial charge in [-0.3, -0.25) is 19.7 Å². The van der Waals surface area contributed by atoms with Crippen LogP contribution in [0.15, 0.2) is 36.4 Å². The first-order valence-electron chi connectivity index (χ1n) is 12.9. The Bertz CT molecular complexity index is 1430. The van der Waals surface area contributed by atoms with E-state index < -0.39 is 65.8 Å². The molecule has 12 heteroatoms. The number of fused-ring (bicyclic) bond motifs is 1. The Hall–Kier alpha value is -3.96. The van der Waals surface area contributed by atoms with Crippen LogP contribution in [0.1, 0.15) is 51.9 Å². The van der Waals surface area contributed by atoms with E-state index in [4.69, 9.17) is 0 Å². The van der Waals surface area contributed by atoms with Crippen molar-refractivity contribution in [2.24, 2.45) is 0 Å². The molecule has 2 N–H and O–H groups in total. The molecule has 2 fully saturated rings. The van der Waals surface area contributed by atoms with Crippen molar-refractivity contribution < 1.29 is 36.7 Å². The monoisotopic (exact) mass is 560 g/mol. The molecule has 1 aliphatic carbocycles. The van der Waals surface area contributed by atoms with Crippen LogP contribution in [0.4, 0.5) is 22.4 Å². The minimum atomic E-state index is -4.67. The van der Waals surface area contributed by atoms with Crippen molar-refractivity contribution in [3.8, 4) is 0 Å². The number of rotatable bonds is 4. The minimum Gasteiger partial charge on any atom is -0.340 e. The fourth-order valence-electron chi connectivity index (χ4n) is 6.20. The maximum atomic E-state index is 14.3. The Labute approximate surface area is 227 Å². The lowest BCUT2D eigenvalue weighted by Crippen LogP contribution is -2.59. The number of imide groups is 1. The van der Waals surface area contributed by atoms with E-state index in [9.17, 15) is 36.7 Å². The highest BCUT2D eigenvalue weighted by Gasteiger charge is 2.54. The van der Waals surface area contributed by atoms with Crippen LogP contribution in [-0.4, -0.2) is 70.9 Å². The maximum absolute atomic E-state index is 14.3. The summed E-state index contributed by atoms with van der Waals surface area (Å²) in [6.45, 7) is 1.52. The van der Waals surface area contributed by atoms with Crippen LogP contribution >= 0.6 is 0 Å². The van der Waals surface area contributed by atoms with Crippen molar-refractivity contribution in [1.82, 2.24) is 20.4 Å². The van der Waals surface area contributed by atoms with Gasteiger partial charge in [-0.1, -0.05) is 18.2 Å². The molecule has 5 amide bonds. The number of carbonyl (C=O) groups is 4. The summed E-state index contributed by atoms with van der Waals surface area (Å²) in [5.41, 5.74) is 1.29. The topological polar surface area (TPSA) is 98.8 Å². The number of alkyl halides is 3. The van der Waals surface area contributed by atoms with Crippen LogP contribution in [0.25, 0.3) is 0 Å². The number of likely N-dealkylation sites (tertiary alicyclic amines) is 1. The highest BCUT2D eigenvalue weighted by atomic mass is 19.4. The molecule has 2 aromatic carbocycles. The Balaban J connectivity index is 1.41. The Morgan fingerprint density at radius 3 is 2.48 bits per heavy atom. The first-order valence-corrected chi connectivity index (χ1v) is 12.9. The van der Waals surface area contributed by atoms with Crippen molar-refractivity contribution in [2.45, 2.75) is 62.8 Å². The normalized spacial score (nSPS) is 26.4. The zero-order valence-electron chi connectivity index (χ0n) is 22.1. The van der Waals surface area contributed by atoms with Crippen LogP contribution in [0.3, 0.4) is 0 Å². The number of nitrogens with zero attached hydrogens (tertiary/aromatic N) is 2. The van der Waals surface area contributed by atoms with Crippen LogP contribution < -0.4 is 10.6 Å². The van der Waals surface area contributed by atoms with Crippen molar-refractivity contribution >= 4 is 23.8 Å². The van der Waals surface area contributed by atoms with E-state index in [0.717, 1.165) is 5.56 Å². The third-order valence-electron chi connectivity index (χ3n) is 8.53. The van der Waals surface area contributed by atoms with Crippen molar-refractivity contribution in [2.75, 3.05) is 13.6 Å². The lowest BCUT2D eigenvalue weighted by molar-refractivity contribution is -0.170. The second kappa shape index (κ2) is 9.60. The summed E-state index contributed by atoms with van der Waals surface area (Å²) in [5.74, 6) is -3.13. The molecule has 2 heterocycles. The molecule has 0 aromatic heterocycles. The average molecular weight is 561 g/mol. The molecule has 0 saturated carbocycles. The molecule has 2 aliphatic heterocycles. The van der Waals surface area contributed by atoms with Gasteiger partial charge in [-0.15, -0.1) is 0 Å². The maximum Gasteiger partial charge on any atom is 0.406 e. The number of halogens is 4. The van der Waals surface area contributed by atoms with Gasteiger partial charge in [0.15, 0.2) is 0 Å². The van der Waals surface area contributed by atoms with E-state index in [-0.39, 0.29) is 30.4 Å². The third-order valence-corrected chi connectivity index (χ3v) is 8.53. The molecule has 212 valence electrons. The van der Waals surface area contributed by atoms with E-state index >= 15 is 0 Å². The van der Waals surface area contributed by atoms with Crippen LogP contribution in [0.2, 0.25) is 0 Å². The van der Waals surface area contributed by atoms with Crippen molar-refractivity contribution in [1.29, 1.82) is 0 Å². The number of hydrogen-bond donors (Lipinski definition) is 2. The molecule has 3 aliphatic rings. The minimum absolute atomic E-state index is 0.00841. The molecule has 8 nitrogen and oxygen atoms in total. The molecule has 40 heavy (non-hydrogen) atoms. The van der Waals surface area contributed by atoms with Crippen LogP contribution in [0, 0.1) is 12.7 Å². The summed E-state index contributed by atoms with van der Waals surface area (Å²) in [4.78, 5) is 53.1. The van der Waals surface area contributed by atoms with Gasteiger partial charge in [-0.05, 0) is 60.7 Å². The van der Waals surface area contributed by atoms with Crippen molar-refractivity contribution in [3.05, 3.63) is 70.0 Å². The van der Waals surface area contributed by atoms with E-state index in [1.54, 1.807) is 18.2 Å². The lowest BCUT2D eigenvalue weighted by atomic mass is 9.80. The van der Waals surface area contributed by atoms with Gasteiger partial charge in [0.25, 0.3) is 11.8 Å². The predicted octanol–water partition coefficient (Wildman–Crippen LogP) is 3.22. The predicted molar refractivity (Wildman–Crippen MR) is 135 cm³/mol. The number of hydrogen-bond acceptors (Lipinski definition) is 4. The quantitative estimate of drug-likeness (QED) is 0.443. The highest BCUT2D eigenvalue weighted by molar-refractivity contribution is 6.08. The Morgan fingerprint density at radius 2 is 1.82 bits per heavy atom. The standard InChI is InChI=1S/C28H28F4N4O4/c1-14-19(5-4-6-21(14)29)20-10-22(24(38)36(15(20)2)13-28(30,31)32)33-23(37)16-7-8-17-11-27(12-18(17)9-16)25(39)34-26(40)35(27)3/h4-9,15,20,22H,10-13H2,1-3H3,(H,33,37)(H,34,39,40)/t15-,20-,22+,27+/m1/s1. The van der Waals surface area contributed by atoms with Gasteiger partial charge in [0.1, 0.15) is 23.9 Å². The number of piperidine rings is 1. The number of benzene rings is 2. The fraction of sp³-hybridized carbons (Fsp3) is 0.429. The molecule has 0 radical (unpaired) electrons. The molecule has 5 rings (SSSR count). The lowest BCUT2D eigenvalue weighted by Gasteiger charge is -2.43. The van der Waals surface area contributed by atoms with Gasteiger partial charge in [-0.25, -0.2) is 9.18 Å². The van der Waals surface area contributed by atoms with Gasteiger partial charge in [0.2, 0.25) is 5.91 Å². The first-order chi connectivity index (χ1) is 18.7. The number of likely N-dealkylation sites (N-methyl/N-ethyl adjacent to an activating group) is 1. The van der Waals surface area contributed by atoms with Crippen molar-refractivity contribution in [3.63, 3.8) is 0 Å². The van der Waals surface area contributed by atoms with Gasteiger partial charge >= 0.3 is 12.2 Å². The summed E-state index contributed by atoms with van der Waals surface area (Å²) in [6, 6.07) is 6.42. The fourth-order valence-corrected chi connectivity index (χ4v) is 6.20. The highest BCUT2D eigenvalue weighted by Crippen LogP contribution is 2.39. The van der Waals surface area contributed by atoms with Crippen LogP contribution in [0.5, 0.6) is 0 Å². The van der Waals surface area contributed by atoms with E-state index in [1.165, 1.54) is 44.0 Å². The largest absolute Gasteiger partial charge is 0.406 e. The second-order valence-electron chi connectivity index (χ2n) is 10.8. The van der Waals surface area contributed by atoms with Gasteiger partial charge in [-0.2, -0.15) is 13.2 Å². The molecular weight excluding hydrogens is 532 g/mol. The summed E-state index contributed by atoms with van der Waals surface area (Å²) in [6.07, 6.45) is -4.21. The van der Waals surface area contributed by atoms with Crippen LogP contribution in [-0.2, 0) is 22.4 Å². The van der Waals surface area contributed by atoms with Gasteiger partial charge < -0.3 is 15.1 Å². The summed E-state index contributed by atoms with van der Waals surface area (Å²) >= 11 is 0. The molecule has 2 saturated heterocycles. The first kappa shape index (κ1) is 27.6. The van der Waals surface area contributed by atoms with E-state index in [0.29, 0.717) is 16.0 Å². The van der Waals surface area contributed by atoms with Gasteiger partial charge in [0.05, 0.1) is 0 Å². The number of amides is 5. The molecule has 1 spiro atoms. The molecule has 0 bridgehead atoms. The molecular formula is C28H28F4N4O4. The zero-order chi connectivity index (χ0) is 29.1. The second-order valence-corrected chi connectivity index (χ2v) is 10.8. The summed E-state index contributed by atoms with van der Waals surface area (Å²) in [5, 5.41) is 4.90.